The van der Waals surface area contributed by atoms with E-state index in [1.54, 1.807) is 0 Å². The summed E-state index contributed by atoms with van der Waals surface area (Å²) in [5.74, 6) is 5.42. The van der Waals surface area contributed by atoms with Gasteiger partial charge in [-0.05, 0) is 32.0 Å². The topological polar surface area (TPSA) is 54.2 Å². The minimum Gasteiger partial charge on any atom is -0.324 e. The number of nitrogen functional groups attached to an aromatic ring is 1. The van der Waals surface area contributed by atoms with Crippen molar-refractivity contribution in [2.24, 2.45) is 5.84 Å². The van der Waals surface area contributed by atoms with Gasteiger partial charge in [-0.25, -0.2) is 0 Å². The van der Waals surface area contributed by atoms with E-state index >= 15 is 0 Å². The van der Waals surface area contributed by atoms with Crippen LogP contribution in [0.3, 0.4) is 0 Å². The molecule has 1 aromatic rings. The summed E-state index contributed by atoms with van der Waals surface area (Å²) in [6.07, 6.45) is 9.99. The quantitative estimate of drug-likeness (QED) is 0.488. The molecule has 0 saturated heterocycles. The van der Waals surface area contributed by atoms with Crippen LogP contribution in [0.25, 0.3) is 0 Å². The van der Waals surface area contributed by atoms with Crippen LogP contribution in [0.1, 0.15) is 44.2 Å². The normalized spacial score (nSPS) is 17.7. The van der Waals surface area contributed by atoms with Crippen LogP contribution in [0.2, 0.25) is 0 Å². The molecule has 1 aromatic heterocycles. The summed E-state index contributed by atoms with van der Waals surface area (Å²) in [6, 6.07) is 4.62. The summed E-state index contributed by atoms with van der Waals surface area (Å²) in [7, 11) is 2.21. The maximum absolute atomic E-state index is 5.42. The summed E-state index contributed by atoms with van der Waals surface area (Å²) >= 11 is 0. The van der Waals surface area contributed by atoms with Gasteiger partial charge in [-0.15, -0.1) is 0 Å². The lowest BCUT2D eigenvalue weighted by atomic mass is 10.1. The van der Waals surface area contributed by atoms with Gasteiger partial charge in [0.15, 0.2) is 0 Å². The minimum atomic E-state index is 0.712. The van der Waals surface area contributed by atoms with Crippen molar-refractivity contribution in [3.05, 3.63) is 24.0 Å². The number of hydrogen-bond acceptors (Lipinski definition) is 4. The third-order valence-electron chi connectivity index (χ3n) is 3.84. The van der Waals surface area contributed by atoms with Crippen molar-refractivity contribution in [2.45, 2.75) is 51.1 Å². The first kappa shape index (κ1) is 13.3. The van der Waals surface area contributed by atoms with Crippen molar-refractivity contribution in [3.63, 3.8) is 0 Å². The molecule has 4 heteroatoms. The zero-order valence-corrected chi connectivity index (χ0v) is 11.2. The van der Waals surface area contributed by atoms with E-state index < -0.39 is 0 Å². The molecule has 1 aliphatic rings. The lowest BCUT2D eigenvalue weighted by Gasteiger charge is -2.26. The number of rotatable bonds is 4. The Labute approximate surface area is 110 Å². The maximum atomic E-state index is 5.42. The average Bonchev–Trinajstić information content (AvgIpc) is 2.68. The van der Waals surface area contributed by atoms with Gasteiger partial charge in [0.1, 0.15) is 0 Å². The van der Waals surface area contributed by atoms with Crippen molar-refractivity contribution in [1.29, 1.82) is 0 Å². The highest BCUT2D eigenvalue weighted by Crippen LogP contribution is 2.22. The molecule has 1 saturated carbocycles. The summed E-state index contributed by atoms with van der Waals surface area (Å²) in [6.45, 7) is 0.903. The lowest BCUT2D eigenvalue weighted by Crippen LogP contribution is -2.31. The molecule has 0 radical (unpaired) electrons. The molecule has 0 spiro atoms. The Kier molecular flexibility index (Phi) is 4.96. The van der Waals surface area contributed by atoms with Crippen molar-refractivity contribution in [2.75, 3.05) is 12.5 Å². The van der Waals surface area contributed by atoms with E-state index in [-0.39, 0.29) is 0 Å². The molecule has 0 aliphatic heterocycles. The Hall–Kier alpha value is -1.13. The largest absolute Gasteiger partial charge is 0.324 e. The molecule has 0 amide bonds. The van der Waals surface area contributed by atoms with Crippen LogP contribution in [0, 0.1) is 0 Å². The van der Waals surface area contributed by atoms with Crippen molar-refractivity contribution < 1.29 is 0 Å². The molecule has 0 unspecified atom stereocenters. The average molecular weight is 248 g/mol. The maximum Gasteiger partial charge on any atom is 0.0564 e. The fourth-order valence-electron chi connectivity index (χ4n) is 2.74. The van der Waals surface area contributed by atoms with Gasteiger partial charge < -0.3 is 5.43 Å². The van der Waals surface area contributed by atoms with Crippen LogP contribution in [0.15, 0.2) is 18.3 Å². The van der Waals surface area contributed by atoms with Crippen molar-refractivity contribution in [1.82, 2.24) is 9.88 Å². The molecule has 1 fully saturated rings. The zero-order valence-electron chi connectivity index (χ0n) is 11.2. The number of pyridine rings is 1. The van der Waals surface area contributed by atoms with E-state index in [0.29, 0.717) is 6.04 Å². The number of nitrogens with zero attached hydrogens (tertiary/aromatic N) is 2. The standard InChI is InChI=1S/C14H24N4/c1-18(14-6-4-2-3-5-7-14)11-13-10-12(17-15)8-9-16-13/h8-10,14H,2-7,11,15H2,1H3,(H,16,17). The lowest BCUT2D eigenvalue weighted by molar-refractivity contribution is 0.211. The summed E-state index contributed by atoms with van der Waals surface area (Å²) in [5.41, 5.74) is 4.68. The molecule has 18 heavy (non-hydrogen) atoms. The first-order valence-electron chi connectivity index (χ1n) is 6.91. The van der Waals surface area contributed by atoms with E-state index in [9.17, 15) is 0 Å². The van der Waals surface area contributed by atoms with E-state index in [4.69, 9.17) is 5.84 Å². The van der Waals surface area contributed by atoms with Gasteiger partial charge in [-0.2, -0.15) is 0 Å². The Morgan fingerprint density at radius 3 is 2.72 bits per heavy atom. The predicted molar refractivity (Wildman–Crippen MR) is 75.0 cm³/mol. The molecule has 4 nitrogen and oxygen atoms in total. The Bertz CT molecular complexity index is 359. The van der Waals surface area contributed by atoms with Crippen LogP contribution >= 0.6 is 0 Å². The van der Waals surface area contributed by atoms with Gasteiger partial charge >= 0.3 is 0 Å². The van der Waals surface area contributed by atoms with Gasteiger partial charge in [0, 0.05) is 18.8 Å². The Balaban J connectivity index is 1.94. The van der Waals surface area contributed by atoms with Gasteiger partial charge in [0.25, 0.3) is 0 Å². The number of aromatic nitrogens is 1. The second-order valence-electron chi connectivity index (χ2n) is 5.24. The molecule has 0 aromatic carbocycles. The fraction of sp³-hybridized carbons (Fsp3) is 0.643. The predicted octanol–water partition coefficient (Wildman–Crippen LogP) is 2.52. The first-order valence-corrected chi connectivity index (χ1v) is 6.91. The number of anilines is 1. The molecule has 100 valence electrons. The van der Waals surface area contributed by atoms with Crippen LogP contribution in [0.5, 0.6) is 0 Å². The smallest absolute Gasteiger partial charge is 0.0564 e. The van der Waals surface area contributed by atoms with Crippen LogP contribution in [-0.4, -0.2) is 23.0 Å². The highest BCUT2D eigenvalue weighted by Gasteiger charge is 2.17. The fourth-order valence-corrected chi connectivity index (χ4v) is 2.74. The second-order valence-corrected chi connectivity index (χ2v) is 5.24. The zero-order chi connectivity index (χ0) is 12.8. The van der Waals surface area contributed by atoms with E-state index in [2.05, 4.69) is 22.4 Å². The Morgan fingerprint density at radius 1 is 1.33 bits per heavy atom. The Morgan fingerprint density at radius 2 is 2.06 bits per heavy atom. The summed E-state index contributed by atoms with van der Waals surface area (Å²) < 4.78 is 0. The van der Waals surface area contributed by atoms with Crippen LogP contribution in [-0.2, 0) is 6.54 Å². The minimum absolute atomic E-state index is 0.712. The van der Waals surface area contributed by atoms with E-state index in [1.165, 1.54) is 38.5 Å². The van der Waals surface area contributed by atoms with Gasteiger partial charge in [-0.1, -0.05) is 25.7 Å². The molecular weight excluding hydrogens is 224 g/mol. The summed E-state index contributed by atoms with van der Waals surface area (Å²) in [5, 5.41) is 0. The third kappa shape index (κ3) is 3.68. The van der Waals surface area contributed by atoms with Crippen LogP contribution in [0.4, 0.5) is 5.69 Å². The van der Waals surface area contributed by atoms with Crippen LogP contribution < -0.4 is 11.3 Å². The number of hydrazine groups is 1. The number of nitrogens with two attached hydrogens (primary N) is 1. The van der Waals surface area contributed by atoms with Gasteiger partial charge in [0.2, 0.25) is 0 Å². The van der Waals surface area contributed by atoms with E-state index in [1.807, 2.05) is 18.3 Å². The van der Waals surface area contributed by atoms with Crippen molar-refractivity contribution >= 4 is 5.69 Å². The molecular formula is C14H24N4. The molecule has 1 aliphatic carbocycles. The second kappa shape index (κ2) is 6.71. The number of hydrogen-bond donors (Lipinski definition) is 2. The van der Waals surface area contributed by atoms with Gasteiger partial charge in [0.05, 0.1) is 11.4 Å². The molecule has 0 atom stereocenters. The molecule has 3 N–H and O–H groups in total. The highest BCUT2D eigenvalue weighted by molar-refractivity contribution is 5.41. The SMILES string of the molecule is CN(Cc1cc(NN)ccn1)C1CCCCCC1. The highest BCUT2D eigenvalue weighted by atomic mass is 15.2. The monoisotopic (exact) mass is 248 g/mol. The number of nitrogens with one attached hydrogen (secondary N) is 1. The summed E-state index contributed by atoms with van der Waals surface area (Å²) in [4.78, 5) is 6.85. The van der Waals surface area contributed by atoms with Gasteiger partial charge in [-0.3, -0.25) is 15.7 Å². The molecule has 2 rings (SSSR count). The molecule has 0 bridgehead atoms. The first-order chi connectivity index (χ1) is 8.79. The third-order valence-corrected chi connectivity index (χ3v) is 3.84. The van der Waals surface area contributed by atoms with E-state index in [0.717, 1.165) is 17.9 Å². The molecule has 1 heterocycles. The van der Waals surface area contributed by atoms with Crippen molar-refractivity contribution in [3.8, 4) is 0 Å².